The first-order chi connectivity index (χ1) is 15.0. The van der Waals surface area contributed by atoms with Crippen LogP contribution in [0.15, 0.2) is 59.8 Å². The van der Waals surface area contributed by atoms with Gasteiger partial charge >= 0.3 is 41.3 Å². The molecule has 6 heteroatoms. The molecule has 1 aliphatic carbocycles. The summed E-state index contributed by atoms with van der Waals surface area (Å²) < 4.78 is 8.33. The molecule has 0 aromatic heterocycles. The number of rotatable bonds is 5. The van der Waals surface area contributed by atoms with Gasteiger partial charge in [0.15, 0.2) is 0 Å². The second kappa shape index (κ2) is 13.1. The van der Waals surface area contributed by atoms with Crippen molar-refractivity contribution >= 4 is 36.9 Å². The molecule has 1 atom stereocenters. The Morgan fingerprint density at radius 2 is 1.62 bits per heavy atom. The third-order valence-corrected chi connectivity index (χ3v) is 8.02. The van der Waals surface area contributed by atoms with Crippen molar-refractivity contribution in [2.75, 3.05) is 0 Å². The van der Waals surface area contributed by atoms with Crippen molar-refractivity contribution in [1.29, 1.82) is 0 Å². The largest absolute Gasteiger partial charge is 1.00 e. The minimum atomic E-state index is -1.72. The SMILES string of the molecule is CCc1cccc2c1C(O[Si](C)(C)C)=C([Si](C)C)C2[c-]1ccc2ccccc21.C[C](C)=[Zr+2].[Cl-].[Cl-]. The van der Waals surface area contributed by atoms with E-state index in [-0.39, 0.29) is 24.8 Å². The summed E-state index contributed by atoms with van der Waals surface area (Å²) in [5.74, 6) is 1.55. The van der Waals surface area contributed by atoms with Gasteiger partial charge in [0.25, 0.3) is 0 Å². The fraction of sp³-hybridized carbons (Fsp3) is 0.357. The first-order valence-electron chi connectivity index (χ1n) is 11.6. The third kappa shape index (κ3) is 6.98. The zero-order chi connectivity index (χ0) is 23.6. The van der Waals surface area contributed by atoms with Crippen LogP contribution in [-0.4, -0.2) is 20.3 Å². The van der Waals surface area contributed by atoms with Crippen LogP contribution in [0.4, 0.5) is 0 Å². The number of allylic oxidation sites excluding steroid dienone is 1. The number of aryl methyl sites for hydroxylation is 1. The van der Waals surface area contributed by atoms with Crippen LogP contribution < -0.4 is 24.8 Å². The number of hydrogen-bond donors (Lipinski definition) is 0. The standard InChI is InChI=1S/C25H30OSi2.C3H6.2ClH.Zr/c1-7-17-12-10-14-21-22(17)24(26-28(4,5)6)25(27(2)3)23(21)20-16-15-18-11-8-9-13-19(18)20;1-3-2;;;/h8-16,23H,7H2,1-6H3;1-2H3;2*1H;/q-1;;;;+2/p-2. The van der Waals surface area contributed by atoms with Crippen LogP contribution in [0.2, 0.25) is 32.7 Å². The van der Waals surface area contributed by atoms with E-state index in [1.165, 1.54) is 42.0 Å². The van der Waals surface area contributed by atoms with Crippen LogP contribution in [0, 0.1) is 0 Å². The number of halogens is 2. The number of hydrogen-bond acceptors (Lipinski definition) is 1. The zero-order valence-corrected chi connectivity index (χ0v) is 27.6. The molecule has 0 bridgehead atoms. The molecule has 4 rings (SSSR count). The molecule has 0 aliphatic heterocycles. The summed E-state index contributed by atoms with van der Waals surface area (Å²) in [6.45, 7) is 18.2. The van der Waals surface area contributed by atoms with E-state index in [1.54, 1.807) is 29.4 Å². The smallest absolute Gasteiger partial charge is 1.00 e. The van der Waals surface area contributed by atoms with E-state index in [2.05, 4.69) is 108 Å². The molecular formula is C28H36Cl2OSi2Zr-. The van der Waals surface area contributed by atoms with E-state index < -0.39 is 17.1 Å². The Labute approximate surface area is 236 Å². The fourth-order valence-electron chi connectivity index (χ4n) is 4.53. The second-order valence-corrected chi connectivity index (χ2v) is 19.4. The fourth-order valence-corrected chi connectivity index (χ4v) is 6.98. The van der Waals surface area contributed by atoms with Crippen LogP contribution in [-0.2, 0) is 35.1 Å². The third-order valence-electron chi connectivity index (χ3n) is 5.61. The first kappa shape index (κ1) is 31.4. The summed E-state index contributed by atoms with van der Waals surface area (Å²) in [6, 6.07) is 20.3. The summed E-state index contributed by atoms with van der Waals surface area (Å²) in [5.41, 5.74) is 5.71. The summed E-state index contributed by atoms with van der Waals surface area (Å²) in [7, 11) is -2.41. The van der Waals surface area contributed by atoms with Gasteiger partial charge in [0.1, 0.15) is 5.76 Å². The van der Waals surface area contributed by atoms with Crippen molar-refractivity contribution in [3.05, 3.63) is 82.0 Å². The van der Waals surface area contributed by atoms with Crippen molar-refractivity contribution < 1.29 is 53.5 Å². The van der Waals surface area contributed by atoms with Gasteiger partial charge in [-0.2, -0.15) is 6.07 Å². The predicted molar refractivity (Wildman–Crippen MR) is 142 cm³/mol. The Morgan fingerprint density at radius 3 is 2.18 bits per heavy atom. The maximum Gasteiger partial charge on any atom is -1.00 e. The first-order valence-corrected chi connectivity index (χ1v) is 18.7. The molecule has 3 aromatic rings. The van der Waals surface area contributed by atoms with Crippen molar-refractivity contribution in [3.8, 4) is 0 Å². The van der Waals surface area contributed by atoms with Crippen molar-refractivity contribution in [2.45, 2.75) is 65.8 Å². The van der Waals surface area contributed by atoms with E-state index in [0.29, 0.717) is 5.92 Å². The summed E-state index contributed by atoms with van der Waals surface area (Å²) in [5, 5.41) is 4.28. The quantitative estimate of drug-likeness (QED) is 0.319. The van der Waals surface area contributed by atoms with Gasteiger partial charge in [0.2, 0.25) is 8.32 Å². The Morgan fingerprint density at radius 1 is 1.00 bits per heavy atom. The molecule has 3 aromatic carbocycles. The average Bonchev–Trinajstić information content (AvgIpc) is 3.25. The van der Waals surface area contributed by atoms with Gasteiger partial charge in [-0.25, -0.2) is 0 Å². The average molecular weight is 607 g/mol. The van der Waals surface area contributed by atoms with E-state index in [0.717, 1.165) is 6.42 Å². The minimum absolute atomic E-state index is 0. The molecule has 0 saturated carbocycles. The Hall–Kier alpha value is -0.643. The molecule has 34 heavy (non-hydrogen) atoms. The maximum atomic E-state index is 6.83. The molecule has 1 nitrogen and oxygen atoms in total. The molecule has 0 heterocycles. The van der Waals surface area contributed by atoms with Gasteiger partial charge < -0.3 is 29.2 Å². The van der Waals surface area contributed by atoms with E-state index >= 15 is 0 Å². The zero-order valence-electron chi connectivity index (χ0n) is 21.6. The molecule has 1 unspecified atom stereocenters. The molecule has 0 amide bonds. The molecule has 1 aliphatic rings. The van der Waals surface area contributed by atoms with E-state index in [1.807, 2.05) is 0 Å². The van der Waals surface area contributed by atoms with Crippen molar-refractivity contribution in [2.24, 2.45) is 0 Å². The van der Waals surface area contributed by atoms with E-state index in [4.69, 9.17) is 4.43 Å². The maximum absolute atomic E-state index is 6.83. The molecular weight excluding hydrogens is 571 g/mol. The van der Waals surface area contributed by atoms with Gasteiger partial charge in [0, 0.05) is 5.56 Å². The van der Waals surface area contributed by atoms with Crippen molar-refractivity contribution in [1.82, 2.24) is 0 Å². The number of fused-ring (bicyclic) bond motifs is 2. The van der Waals surface area contributed by atoms with Crippen LogP contribution in [0.1, 0.15) is 48.9 Å². The summed E-state index contributed by atoms with van der Waals surface area (Å²) >= 11 is 1.55. The summed E-state index contributed by atoms with van der Waals surface area (Å²) in [6.07, 6.45) is 1.04. The van der Waals surface area contributed by atoms with Crippen molar-refractivity contribution in [3.63, 3.8) is 0 Å². The summed E-state index contributed by atoms with van der Waals surface area (Å²) in [4.78, 5) is 0. The van der Waals surface area contributed by atoms with Gasteiger partial charge in [-0.05, 0) is 48.3 Å². The monoisotopic (exact) mass is 604 g/mol. The Kier molecular flexibility index (Phi) is 12.1. The normalized spacial score (nSPS) is 14.7. The van der Waals surface area contributed by atoms with Gasteiger partial charge in [0.05, 0.1) is 8.80 Å². The Bertz CT molecular complexity index is 1150. The van der Waals surface area contributed by atoms with Gasteiger partial charge in [-0.3, -0.25) is 0 Å². The van der Waals surface area contributed by atoms with Crippen LogP contribution in [0.5, 0.6) is 0 Å². The number of benzene rings is 2. The molecule has 0 spiro atoms. The minimum Gasteiger partial charge on any atom is -1.00 e. The second-order valence-electron chi connectivity index (χ2n) is 10.0. The molecule has 1 radical (unpaired) electrons. The molecule has 0 saturated heterocycles. The van der Waals surface area contributed by atoms with E-state index in [9.17, 15) is 0 Å². The topological polar surface area (TPSA) is 9.23 Å². The van der Waals surface area contributed by atoms with Crippen LogP contribution in [0.3, 0.4) is 0 Å². The van der Waals surface area contributed by atoms with Gasteiger partial charge in [-0.15, -0.1) is 40.6 Å². The van der Waals surface area contributed by atoms with Gasteiger partial charge in [-0.1, -0.05) is 44.3 Å². The van der Waals surface area contributed by atoms with Crippen LogP contribution >= 0.6 is 0 Å². The molecule has 181 valence electrons. The predicted octanol–water partition coefficient (Wildman–Crippen LogP) is 1.88. The Balaban J connectivity index is 0.000000895. The van der Waals surface area contributed by atoms with Crippen LogP contribution in [0.25, 0.3) is 16.5 Å². The molecule has 0 N–H and O–H groups in total. The molecule has 0 fully saturated rings.